The summed E-state index contributed by atoms with van der Waals surface area (Å²) >= 11 is 0. The van der Waals surface area contributed by atoms with Gasteiger partial charge in [0.15, 0.2) is 0 Å². The average molecular weight is 170 g/mol. The highest BCUT2D eigenvalue weighted by Gasteiger charge is 1.99. The summed E-state index contributed by atoms with van der Waals surface area (Å²) in [6.45, 7) is 3.64. The summed E-state index contributed by atoms with van der Waals surface area (Å²) in [4.78, 5) is 0. The van der Waals surface area contributed by atoms with E-state index in [0.29, 0.717) is 0 Å². The van der Waals surface area contributed by atoms with Gasteiger partial charge in [-0.05, 0) is 22.9 Å². The lowest BCUT2D eigenvalue weighted by molar-refractivity contribution is 0.475. The fraction of sp³-hybridized carbons (Fsp3) is 0. The van der Waals surface area contributed by atoms with Crippen molar-refractivity contribution in [3.05, 3.63) is 48.5 Å². The number of phenols is 1. The Kier molecular flexibility index (Phi) is 1.78. The number of hydrogen-bond donors (Lipinski definition) is 1. The first-order valence-electron chi connectivity index (χ1n) is 4.15. The van der Waals surface area contributed by atoms with Crippen LogP contribution in [-0.2, 0) is 0 Å². The minimum Gasteiger partial charge on any atom is -0.507 e. The van der Waals surface area contributed by atoms with Gasteiger partial charge < -0.3 is 5.11 Å². The van der Waals surface area contributed by atoms with Crippen LogP contribution in [0, 0.1) is 0 Å². The standard InChI is InChI=1S/C12H10O/c1-2-9-7-10-5-3-4-6-11(10)8-12(9)13/h2-8,13H,1H2. The van der Waals surface area contributed by atoms with Crippen LogP contribution in [0.4, 0.5) is 0 Å². The average Bonchev–Trinajstić information content (AvgIpc) is 2.17. The highest BCUT2D eigenvalue weighted by Crippen LogP contribution is 2.25. The van der Waals surface area contributed by atoms with Crippen molar-refractivity contribution in [3.63, 3.8) is 0 Å². The zero-order valence-electron chi connectivity index (χ0n) is 7.20. The van der Waals surface area contributed by atoms with Crippen LogP contribution in [-0.4, -0.2) is 5.11 Å². The van der Waals surface area contributed by atoms with E-state index >= 15 is 0 Å². The molecule has 0 aliphatic heterocycles. The molecule has 2 aromatic rings. The molecule has 64 valence electrons. The molecule has 2 rings (SSSR count). The molecule has 13 heavy (non-hydrogen) atoms. The largest absolute Gasteiger partial charge is 0.507 e. The van der Waals surface area contributed by atoms with Crippen molar-refractivity contribution in [1.82, 2.24) is 0 Å². The first-order valence-corrected chi connectivity index (χ1v) is 4.15. The van der Waals surface area contributed by atoms with E-state index in [4.69, 9.17) is 0 Å². The number of aromatic hydroxyl groups is 1. The third-order valence-electron chi connectivity index (χ3n) is 2.11. The van der Waals surface area contributed by atoms with Crippen molar-refractivity contribution in [1.29, 1.82) is 0 Å². The summed E-state index contributed by atoms with van der Waals surface area (Å²) < 4.78 is 0. The van der Waals surface area contributed by atoms with Gasteiger partial charge in [-0.25, -0.2) is 0 Å². The summed E-state index contributed by atoms with van der Waals surface area (Å²) in [5, 5.41) is 11.7. The maximum atomic E-state index is 9.54. The van der Waals surface area contributed by atoms with Crippen LogP contribution < -0.4 is 0 Å². The highest BCUT2D eigenvalue weighted by atomic mass is 16.3. The predicted molar refractivity (Wildman–Crippen MR) is 55.7 cm³/mol. The lowest BCUT2D eigenvalue weighted by atomic mass is 10.1. The summed E-state index contributed by atoms with van der Waals surface area (Å²) in [7, 11) is 0. The van der Waals surface area contributed by atoms with Crippen molar-refractivity contribution in [3.8, 4) is 5.75 Å². The van der Waals surface area contributed by atoms with E-state index < -0.39 is 0 Å². The Morgan fingerprint density at radius 2 is 1.69 bits per heavy atom. The molecular weight excluding hydrogens is 160 g/mol. The van der Waals surface area contributed by atoms with Gasteiger partial charge >= 0.3 is 0 Å². The van der Waals surface area contributed by atoms with Crippen LogP contribution in [0.1, 0.15) is 5.56 Å². The minimum atomic E-state index is 0.286. The maximum absolute atomic E-state index is 9.54. The Morgan fingerprint density at radius 1 is 1.08 bits per heavy atom. The van der Waals surface area contributed by atoms with Gasteiger partial charge in [-0.2, -0.15) is 0 Å². The van der Waals surface area contributed by atoms with E-state index in [9.17, 15) is 5.11 Å². The molecule has 0 atom stereocenters. The topological polar surface area (TPSA) is 20.2 Å². The number of benzene rings is 2. The molecular formula is C12H10O. The molecule has 1 nitrogen and oxygen atoms in total. The van der Waals surface area contributed by atoms with Crippen molar-refractivity contribution >= 4 is 16.8 Å². The Bertz CT molecular complexity index is 458. The molecule has 0 radical (unpaired) electrons. The van der Waals surface area contributed by atoms with Gasteiger partial charge in [-0.3, -0.25) is 0 Å². The van der Waals surface area contributed by atoms with Crippen LogP contribution in [0.5, 0.6) is 5.75 Å². The van der Waals surface area contributed by atoms with Gasteiger partial charge in [-0.1, -0.05) is 36.9 Å². The third-order valence-corrected chi connectivity index (χ3v) is 2.11. The van der Waals surface area contributed by atoms with Gasteiger partial charge in [0.05, 0.1) is 0 Å². The molecule has 0 aromatic heterocycles. The van der Waals surface area contributed by atoms with Crippen molar-refractivity contribution in [2.45, 2.75) is 0 Å². The number of fused-ring (bicyclic) bond motifs is 1. The zero-order chi connectivity index (χ0) is 9.26. The van der Waals surface area contributed by atoms with Gasteiger partial charge in [0.1, 0.15) is 5.75 Å². The fourth-order valence-corrected chi connectivity index (χ4v) is 1.41. The number of phenolic OH excluding ortho intramolecular Hbond substituents is 1. The summed E-state index contributed by atoms with van der Waals surface area (Å²) in [5.74, 6) is 0.286. The minimum absolute atomic E-state index is 0.286. The lowest BCUT2D eigenvalue weighted by Crippen LogP contribution is -1.76. The monoisotopic (exact) mass is 170 g/mol. The molecule has 0 saturated carbocycles. The van der Waals surface area contributed by atoms with E-state index in [1.807, 2.05) is 30.3 Å². The predicted octanol–water partition coefficient (Wildman–Crippen LogP) is 3.19. The zero-order valence-corrected chi connectivity index (χ0v) is 7.20. The second-order valence-corrected chi connectivity index (χ2v) is 2.96. The summed E-state index contributed by atoms with van der Waals surface area (Å²) in [6.07, 6.45) is 1.65. The quantitative estimate of drug-likeness (QED) is 0.696. The maximum Gasteiger partial charge on any atom is 0.123 e. The molecule has 0 unspecified atom stereocenters. The van der Waals surface area contributed by atoms with Gasteiger partial charge in [-0.15, -0.1) is 0 Å². The van der Waals surface area contributed by atoms with Crippen LogP contribution >= 0.6 is 0 Å². The molecule has 0 aliphatic carbocycles. The van der Waals surface area contributed by atoms with E-state index in [1.54, 1.807) is 12.1 Å². The third kappa shape index (κ3) is 1.29. The molecule has 1 N–H and O–H groups in total. The first kappa shape index (κ1) is 7.87. The Hall–Kier alpha value is -1.76. The van der Waals surface area contributed by atoms with Gasteiger partial charge in [0.25, 0.3) is 0 Å². The van der Waals surface area contributed by atoms with E-state index in [0.717, 1.165) is 16.3 Å². The number of rotatable bonds is 1. The van der Waals surface area contributed by atoms with Crippen molar-refractivity contribution < 1.29 is 5.11 Å². The van der Waals surface area contributed by atoms with E-state index in [-0.39, 0.29) is 5.75 Å². The van der Waals surface area contributed by atoms with Crippen LogP contribution in [0.25, 0.3) is 16.8 Å². The highest BCUT2D eigenvalue weighted by molar-refractivity contribution is 5.86. The number of hydrogen-bond acceptors (Lipinski definition) is 1. The first-order chi connectivity index (χ1) is 6.31. The van der Waals surface area contributed by atoms with Crippen molar-refractivity contribution in [2.24, 2.45) is 0 Å². The van der Waals surface area contributed by atoms with Crippen LogP contribution in [0.2, 0.25) is 0 Å². The van der Waals surface area contributed by atoms with Gasteiger partial charge in [0.2, 0.25) is 0 Å². The second-order valence-electron chi connectivity index (χ2n) is 2.96. The summed E-state index contributed by atoms with van der Waals surface area (Å²) in [5.41, 5.74) is 0.777. The molecule has 0 bridgehead atoms. The molecule has 0 heterocycles. The fourth-order valence-electron chi connectivity index (χ4n) is 1.41. The Morgan fingerprint density at radius 3 is 2.31 bits per heavy atom. The van der Waals surface area contributed by atoms with E-state index in [1.165, 1.54) is 0 Å². The molecule has 2 aromatic carbocycles. The summed E-state index contributed by atoms with van der Waals surface area (Å²) in [6, 6.07) is 11.6. The molecule has 0 saturated heterocycles. The van der Waals surface area contributed by atoms with E-state index in [2.05, 4.69) is 6.58 Å². The molecule has 0 amide bonds. The Labute approximate surface area is 76.9 Å². The van der Waals surface area contributed by atoms with Crippen LogP contribution in [0.15, 0.2) is 43.0 Å². The molecule has 0 aliphatic rings. The van der Waals surface area contributed by atoms with Crippen molar-refractivity contribution in [2.75, 3.05) is 0 Å². The normalized spacial score (nSPS) is 10.2. The second kappa shape index (κ2) is 2.94. The molecule has 0 spiro atoms. The Balaban J connectivity index is 2.81. The lowest BCUT2D eigenvalue weighted by Gasteiger charge is -2.02. The SMILES string of the molecule is C=Cc1cc2ccccc2cc1O. The molecule has 1 heteroatoms. The van der Waals surface area contributed by atoms with Gasteiger partial charge in [0, 0.05) is 5.56 Å². The smallest absolute Gasteiger partial charge is 0.123 e. The van der Waals surface area contributed by atoms with Crippen LogP contribution in [0.3, 0.4) is 0 Å². The molecule has 0 fully saturated rings.